The van der Waals surface area contributed by atoms with Gasteiger partial charge in [0, 0.05) is 9.26 Å². The minimum absolute atomic E-state index is 0.0635. The normalized spacial score (nSPS) is 10.2. The molecule has 0 aliphatic rings. The van der Waals surface area contributed by atoms with Crippen LogP contribution in [0.4, 0.5) is 10.1 Å². The summed E-state index contributed by atoms with van der Waals surface area (Å²) in [6.45, 7) is 1.64. The van der Waals surface area contributed by atoms with Gasteiger partial charge in [0.15, 0.2) is 0 Å². The van der Waals surface area contributed by atoms with E-state index in [0.717, 1.165) is 3.57 Å². The van der Waals surface area contributed by atoms with Gasteiger partial charge in [0.2, 0.25) is 0 Å². The Balaban J connectivity index is 2.22. The number of anilines is 1. The molecule has 2 aromatic carbocycles. The molecule has 0 atom stereocenters. The Hall–Kier alpha value is -1.43. The molecule has 1 N–H and O–H groups in total. The molecule has 0 radical (unpaired) electrons. The van der Waals surface area contributed by atoms with Crippen molar-refractivity contribution in [3.63, 3.8) is 0 Å². The maximum atomic E-state index is 13.8. The van der Waals surface area contributed by atoms with Crippen LogP contribution in [-0.4, -0.2) is 5.91 Å². The molecule has 0 spiro atoms. The van der Waals surface area contributed by atoms with Crippen LogP contribution in [0.1, 0.15) is 15.9 Å². The van der Waals surface area contributed by atoms with Gasteiger partial charge >= 0.3 is 0 Å². The van der Waals surface area contributed by atoms with Crippen molar-refractivity contribution in [2.45, 2.75) is 6.92 Å². The monoisotopic (exact) mass is 355 g/mol. The van der Waals surface area contributed by atoms with Crippen molar-refractivity contribution in [3.8, 4) is 0 Å². The van der Waals surface area contributed by atoms with E-state index >= 15 is 0 Å². The molecular formula is C14H11FINO. The van der Waals surface area contributed by atoms with Gasteiger partial charge in [0.25, 0.3) is 5.91 Å². The van der Waals surface area contributed by atoms with Crippen LogP contribution in [0.3, 0.4) is 0 Å². The molecule has 2 rings (SSSR count). The molecule has 1 amide bonds. The number of halogens is 2. The van der Waals surface area contributed by atoms with Gasteiger partial charge in [-0.2, -0.15) is 0 Å². The van der Waals surface area contributed by atoms with Crippen LogP contribution < -0.4 is 5.32 Å². The van der Waals surface area contributed by atoms with Gasteiger partial charge in [-0.1, -0.05) is 12.1 Å². The lowest BCUT2D eigenvalue weighted by molar-refractivity contribution is 0.102. The van der Waals surface area contributed by atoms with Crippen molar-refractivity contribution in [3.05, 3.63) is 63.0 Å². The van der Waals surface area contributed by atoms with Crippen molar-refractivity contribution in [1.29, 1.82) is 0 Å². The van der Waals surface area contributed by atoms with E-state index in [1.165, 1.54) is 6.07 Å². The highest BCUT2D eigenvalue weighted by Crippen LogP contribution is 2.16. The summed E-state index contributed by atoms with van der Waals surface area (Å²) in [5, 5.41) is 2.67. The summed E-state index contributed by atoms with van der Waals surface area (Å²) in [6.07, 6.45) is 0. The average molecular weight is 355 g/mol. The van der Waals surface area contributed by atoms with E-state index in [-0.39, 0.29) is 5.56 Å². The molecule has 0 aliphatic heterocycles. The van der Waals surface area contributed by atoms with Gasteiger partial charge in [0.1, 0.15) is 5.82 Å². The summed E-state index contributed by atoms with van der Waals surface area (Å²) in [5.74, 6) is -0.905. The van der Waals surface area contributed by atoms with E-state index < -0.39 is 11.7 Å². The van der Waals surface area contributed by atoms with E-state index in [4.69, 9.17) is 0 Å². The second-order valence-corrected chi connectivity index (χ2v) is 5.14. The second kappa shape index (κ2) is 5.48. The van der Waals surface area contributed by atoms with Gasteiger partial charge in [0.05, 0.1) is 5.56 Å². The number of amides is 1. The SMILES string of the molecule is Cc1cccc(C(=O)Nc2ccc(I)cc2)c1F. The molecule has 92 valence electrons. The molecule has 0 saturated heterocycles. The summed E-state index contributed by atoms with van der Waals surface area (Å²) in [7, 11) is 0. The third kappa shape index (κ3) is 2.87. The number of aryl methyl sites for hydroxylation is 1. The molecule has 4 heteroatoms. The van der Waals surface area contributed by atoms with Gasteiger partial charge in [-0.3, -0.25) is 4.79 Å². The van der Waals surface area contributed by atoms with Gasteiger partial charge in [-0.25, -0.2) is 4.39 Å². The largest absolute Gasteiger partial charge is 0.322 e. The lowest BCUT2D eigenvalue weighted by atomic mass is 10.1. The van der Waals surface area contributed by atoms with Crippen molar-refractivity contribution >= 4 is 34.2 Å². The fourth-order valence-electron chi connectivity index (χ4n) is 1.55. The smallest absolute Gasteiger partial charge is 0.258 e. The van der Waals surface area contributed by atoms with Gasteiger partial charge in [-0.15, -0.1) is 0 Å². The second-order valence-electron chi connectivity index (χ2n) is 3.90. The maximum absolute atomic E-state index is 13.8. The number of carbonyl (C=O) groups is 1. The summed E-state index contributed by atoms with van der Waals surface area (Å²) in [6, 6.07) is 12.1. The lowest BCUT2D eigenvalue weighted by Crippen LogP contribution is -2.14. The highest BCUT2D eigenvalue weighted by Gasteiger charge is 2.12. The Labute approximate surface area is 118 Å². The zero-order chi connectivity index (χ0) is 13.1. The van der Waals surface area contributed by atoms with E-state index in [1.807, 2.05) is 12.1 Å². The predicted octanol–water partition coefficient (Wildman–Crippen LogP) is 3.99. The van der Waals surface area contributed by atoms with E-state index in [1.54, 1.807) is 31.2 Å². The zero-order valence-corrected chi connectivity index (χ0v) is 11.9. The fourth-order valence-corrected chi connectivity index (χ4v) is 1.91. The van der Waals surface area contributed by atoms with E-state index in [2.05, 4.69) is 27.9 Å². The number of carbonyl (C=O) groups excluding carboxylic acids is 1. The molecule has 0 fully saturated rings. The average Bonchev–Trinajstić information content (AvgIpc) is 2.35. The Morgan fingerprint density at radius 1 is 1.17 bits per heavy atom. The molecule has 2 aromatic rings. The predicted molar refractivity (Wildman–Crippen MR) is 78.2 cm³/mol. The van der Waals surface area contributed by atoms with Gasteiger partial charge in [-0.05, 0) is 65.4 Å². The number of hydrogen-bond donors (Lipinski definition) is 1. The highest BCUT2D eigenvalue weighted by molar-refractivity contribution is 14.1. The van der Waals surface area contributed by atoms with Crippen LogP contribution in [0.15, 0.2) is 42.5 Å². The first-order chi connectivity index (χ1) is 8.58. The number of benzene rings is 2. The topological polar surface area (TPSA) is 29.1 Å². The quantitative estimate of drug-likeness (QED) is 0.811. The number of hydrogen-bond acceptors (Lipinski definition) is 1. The van der Waals surface area contributed by atoms with Crippen LogP contribution in [0.2, 0.25) is 0 Å². The molecule has 0 bridgehead atoms. The highest BCUT2D eigenvalue weighted by atomic mass is 127. The fraction of sp³-hybridized carbons (Fsp3) is 0.0714. The summed E-state index contributed by atoms with van der Waals surface area (Å²) < 4.78 is 14.8. The minimum Gasteiger partial charge on any atom is -0.322 e. The van der Waals surface area contributed by atoms with Crippen molar-refractivity contribution in [2.75, 3.05) is 5.32 Å². The molecule has 0 saturated carbocycles. The standard InChI is InChI=1S/C14H11FINO/c1-9-3-2-4-12(13(9)15)14(18)17-11-7-5-10(16)6-8-11/h2-8H,1H3,(H,17,18). The van der Waals surface area contributed by atoms with Crippen LogP contribution in [0.25, 0.3) is 0 Å². The third-order valence-electron chi connectivity index (χ3n) is 2.54. The molecule has 0 heterocycles. The summed E-state index contributed by atoms with van der Waals surface area (Å²) >= 11 is 2.18. The van der Waals surface area contributed by atoms with Crippen LogP contribution in [0, 0.1) is 16.3 Å². The molecule has 0 aromatic heterocycles. The van der Waals surface area contributed by atoms with Crippen molar-refractivity contribution in [1.82, 2.24) is 0 Å². The first-order valence-corrected chi connectivity index (χ1v) is 6.48. The maximum Gasteiger partial charge on any atom is 0.258 e. The Morgan fingerprint density at radius 2 is 1.83 bits per heavy atom. The van der Waals surface area contributed by atoms with Crippen molar-refractivity contribution in [2.24, 2.45) is 0 Å². The van der Waals surface area contributed by atoms with Gasteiger partial charge < -0.3 is 5.32 Å². The Bertz CT molecular complexity index is 581. The Kier molecular flexibility index (Phi) is 3.96. The van der Waals surface area contributed by atoms with E-state index in [0.29, 0.717) is 11.3 Å². The molecule has 18 heavy (non-hydrogen) atoms. The molecule has 0 aliphatic carbocycles. The molecular weight excluding hydrogens is 344 g/mol. The molecule has 2 nitrogen and oxygen atoms in total. The van der Waals surface area contributed by atoms with Crippen LogP contribution in [-0.2, 0) is 0 Å². The summed E-state index contributed by atoms with van der Waals surface area (Å²) in [4.78, 5) is 11.9. The van der Waals surface area contributed by atoms with Crippen LogP contribution in [0.5, 0.6) is 0 Å². The van der Waals surface area contributed by atoms with Crippen molar-refractivity contribution < 1.29 is 9.18 Å². The molecule has 0 unspecified atom stereocenters. The lowest BCUT2D eigenvalue weighted by Gasteiger charge is -2.07. The third-order valence-corrected chi connectivity index (χ3v) is 3.26. The summed E-state index contributed by atoms with van der Waals surface area (Å²) in [5.41, 5.74) is 1.18. The number of rotatable bonds is 2. The zero-order valence-electron chi connectivity index (χ0n) is 9.71. The Morgan fingerprint density at radius 3 is 2.50 bits per heavy atom. The minimum atomic E-state index is -0.472. The first-order valence-electron chi connectivity index (χ1n) is 5.40. The number of nitrogens with one attached hydrogen (secondary N) is 1. The van der Waals surface area contributed by atoms with Crippen LogP contribution >= 0.6 is 22.6 Å². The van der Waals surface area contributed by atoms with E-state index in [9.17, 15) is 9.18 Å². The first kappa shape index (κ1) is 13.0.